The molecule has 1 atom stereocenters. The first kappa shape index (κ1) is 16.8. The van der Waals surface area contributed by atoms with Crippen molar-refractivity contribution in [3.63, 3.8) is 0 Å². The maximum Gasteiger partial charge on any atom is 0.309 e. The van der Waals surface area contributed by atoms with Crippen LogP contribution in [0.5, 0.6) is 0 Å². The van der Waals surface area contributed by atoms with Gasteiger partial charge in [0.05, 0.1) is 24.3 Å². The first-order valence-corrected chi connectivity index (χ1v) is 8.58. The molecule has 0 bridgehead atoms. The molecule has 9 nitrogen and oxygen atoms in total. The number of aromatic nitrogens is 2. The van der Waals surface area contributed by atoms with Gasteiger partial charge in [-0.25, -0.2) is 0 Å². The van der Waals surface area contributed by atoms with Gasteiger partial charge in [0, 0.05) is 26.6 Å². The third-order valence-electron chi connectivity index (χ3n) is 5.66. The van der Waals surface area contributed by atoms with Crippen LogP contribution in [0.1, 0.15) is 25.2 Å². The minimum Gasteiger partial charge on any atom is -0.481 e. The topological polar surface area (TPSA) is 113 Å². The Bertz CT molecular complexity index is 807. The summed E-state index contributed by atoms with van der Waals surface area (Å²) in [4.78, 5) is 31.8. The molecule has 0 aliphatic carbocycles. The van der Waals surface area contributed by atoms with Gasteiger partial charge in [0.1, 0.15) is 0 Å². The van der Waals surface area contributed by atoms with Crippen molar-refractivity contribution in [2.45, 2.75) is 31.3 Å². The lowest BCUT2D eigenvalue weighted by molar-refractivity contribution is -0.146. The van der Waals surface area contributed by atoms with Gasteiger partial charge in [0.25, 0.3) is 0 Å². The van der Waals surface area contributed by atoms with Crippen molar-refractivity contribution >= 4 is 11.9 Å². The van der Waals surface area contributed by atoms with Crippen molar-refractivity contribution in [3.05, 3.63) is 24.3 Å². The van der Waals surface area contributed by atoms with E-state index in [9.17, 15) is 14.7 Å². The second-order valence-corrected chi connectivity index (χ2v) is 6.92. The Labute approximate surface area is 149 Å². The Balaban J connectivity index is 1.42. The predicted molar refractivity (Wildman–Crippen MR) is 87.8 cm³/mol. The van der Waals surface area contributed by atoms with Crippen molar-refractivity contribution in [1.82, 2.24) is 19.9 Å². The fourth-order valence-corrected chi connectivity index (χ4v) is 4.10. The number of furan rings is 1. The summed E-state index contributed by atoms with van der Waals surface area (Å²) in [6.07, 6.45) is 2.87. The van der Waals surface area contributed by atoms with E-state index in [0.717, 1.165) is 0 Å². The fourth-order valence-electron chi connectivity index (χ4n) is 4.10. The van der Waals surface area contributed by atoms with Gasteiger partial charge < -0.3 is 18.9 Å². The zero-order valence-corrected chi connectivity index (χ0v) is 14.4. The summed E-state index contributed by atoms with van der Waals surface area (Å²) < 4.78 is 10.5. The standard InChI is InChI=1S/C17H20N4O5/c1-20-14(22)9-11(16(23)24)17(20)4-6-21(7-5-17)10-13-18-15(19-26-13)12-3-2-8-25-12/h2-3,8,11H,4-7,9-10H2,1H3,(H,23,24)/t11-/m0/s1. The minimum absolute atomic E-state index is 0.0853. The van der Waals surface area contributed by atoms with Gasteiger partial charge in [-0.05, 0) is 25.0 Å². The Morgan fingerprint density at radius 2 is 2.19 bits per heavy atom. The van der Waals surface area contributed by atoms with Gasteiger partial charge in [-0.1, -0.05) is 5.16 Å². The maximum absolute atomic E-state index is 12.1. The molecule has 4 heterocycles. The lowest BCUT2D eigenvalue weighted by atomic mass is 9.77. The van der Waals surface area contributed by atoms with E-state index in [2.05, 4.69) is 15.0 Å². The molecule has 4 rings (SSSR count). The van der Waals surface area contributed by atoms with Crippen LogP contribution in [0.3, 0.4) is 0 Å². The van der Waals surface area contributed by atoms with Crippen LogP contribution in [0, 0.1) is 5.92 Å². The number of carboxylic acids is 1. The Kier molecular flexibility index (Phi) is 4.03. The summed E-state index contributed by atoms with van der Waals surface area (Å²) in [7, 11) is 1.72. The van der Waals surface area contributed by atoms with E-state index < -0.39 is 17.4 Å². The summed E-state index contributed by atoms with van der Waals surface area (Å²) >= 11 is 0. The summed E-state index contributed by atoms with van der Waals surface area (Å²) in [6, 6.07) is 3.52. The molecule has 1 spiro atoms. The lowest BCUT2D eigenvalue weighted by Gasteiger charge is -2.45. The molecule has 1 N–H and O–H groups in total. The van der Waals surface area contributed by atoms with E-state index in [1.165, 1.54) is 0 Å². The number of amides is 1. The molecule has 1 amide bonds. The van der Waals surface area contributed by atoms with Crippen molar-refractivity contribution < 1.29 is 23.6 Å². The van der Waals surface area contributed by atoms with Gasteiger partial charge in [0.15, 0.2) is 5.76 Å². The van der Waals surface area contributed by atoms with Crippen LogP contribution in [-0.4, -0.2) is 62.6 Å². The van der Waals surface area contributed by atoms with E-state index in [1.54, 1.807) is 30.3 Å². The SMILES string of the molecule is CN1C(=O)C[C@@H](C(=O)O)C12CCN(Cc1nc(-c3ccco3)no1)CC2. The number of hydrogen-bond acceptors (Lipinski definition) is 7. The first-order valence-electron chi connectivity index (χ1n) is 8.58. The number of piperidine rings is 1. The van der Waals surface area contributed by atoms with Crippen LogP contribution >= 0.6 is 0 Å². The zero-order chi connectivity index (χ0) is 18.3. The fraction of sp³-hybridized carbons (Fsp3) is 0.529. The number of likely N-dealkylation sites (tertiary alicyclic amines) is 2. The molecule has 2 aliphatic heterocycles. The molecule has 0 radical (unpaired) electrons. The molecule has 0 saturated carbocycles. The van der Waals surface area contributed by atoms with Crippen LogP contribution in [0.2, 0.25) is 0 Å². The maximum atomic E-state index is 12.1. The van der Waals surface area contributed by atoms with Crippen molar-refractivity contribution in [3.8, 4) is 11.6 Å². The van der Waals surface area contributed by atoms with Crippen LogP contribution in [0.4, 0.5) is 0 Å². The zero-order valence-electron chi connectivity index (χ0n) is 14.4. The Morgan fingerprint density at radius 1 is 1.42 bits per heavy atom. The highest BCUT2D eigenvalue weighted by molar-refractivity contribution is 5.88. The Hall–Kier alpha value is -2.68. The highest BCUT2D eigenvalue weighted by atomic mass is 16.5. The molecule has 2 aliphatic rings. The van der Waals surface area contributed by atoms with Crippen molar-refractivity contribution in [2.24, 2.45) is 5.92 Å². The smallest absolute Gasteiger partial charge is 0.309 e. The molecule has 0 unspecified atom stereocenters. The highest BCUT2D eigenvalue weighted by Gasteiger charge is 2.55. The quantitative estimate of drug-likeness (QED) is 0.866. The average Bonchev–Trinajstić information content (AvgIpc) is 3.34. The summed E-state index contributed by atoms with van der Waals surface area (Å²) in [6.45, 7) is 1.82. The van der Waals surface area contributed by atoms with E-state index in [0.29, 0.717) is 50.0 Å². The minimum atomic E-state index is -0.892. The molecule has 26 heavy (non-hydrogen) atoms. The van der Waals surface area contributed by atoms with Gasteiger partial charge in [-0.15, -0.1) is 0 Å². The van der Waals surface area contributed by atoms with Crippen LogP contribution < -0.4 is 0 Å². The normalized spacial score (nSPS) is 23.0. The number of nitrogens with zero attached hydrogens (tertiary/aromatic N) is 4. The van der Waals surface area contributed by atoms with Gasteiger partial charge >= 0.3 is 5.97 Å². The van der Waals surface area contributed by atoms with Crippen LogP contribution in [-0.2, 0) is 16.1 Å². The van der Waals surface area contributed by atoms with Gasteiger partial charge in [0.2, 0.25) is 17.6 Å². The first-order chi connectivity index (χ1) is 12.5. The molecular formula is C17H20N4O5. The van der Waals surface area contributed by atoms with Gasteiger partial charge in [-0.2, -0.15) is 4.98 Å². The lowest BCUT2D eigenvalue weighted by Crippen LogP contribution is -2.55. The number of carbonyl (C=O) groups excluding carboxylic acids is 1. The largest absolute Gasteiger partial charge is 0.481 e. The molecule has 2 aromatic rings. The molecule has 2 saturated heterocycles. The van der Waals surface area contributed by atoms with E-state index in [4.69, 9.17) is 8.94 Å². The third kappa shape index (κ3) is 2.68. The molecule has 138 valence electrons. The predicted octanol–water partition coefficient (Wildman–Crippen LogP) is 1.23. The average molecular weight is 360 g/mol. The van der Waals surface area contributed by atoms with Crippen molar-refractivity contribution in [1.29, 1.82) is 0 Å². The van der Waals surface area contributed by atoms with Crippen LogP contribution in [0.25, 0.3) is 11.6 Å². The highest BCUT2D eigenvalue weighted by Crippen LogP contribution is 2.42. The molecule has 2 fully saturated rings. The van der Waals surface area contributed by atoms with E-state index in [-0.39, 0.29) is 12.3 Å². The molecule has 9 heteroatoms. The van der Waals surface area contributed by atoms with Crippen molar-refractivity contribution in [2.75, 3.05) is 20.1 Å². The number of carbonyl (C=O) groups is 2. The summed E-state index contributed by atoms with van der Waals surface area (Å²) in [5.74, 6) is -0.186. The molecule has 2 aromatic heterocycles. The van der Waals surface area contributed by atoms with Gasteiger partial charge in [-0.3, -0.25) is 14.5 Å². The number of aliphatic carboxylic acids is 1. The number of carboxylic acid groups (broad SMARTS) is 1. The van der Waals surface area contributed by atoms with E-state index in [1.807, 2.05) is 0 Å². The summed E-state index contributed by atoms with van der Waals surface area (Å²) in [5, 5.41) is 13.4. The molecular weight excluding hydrogens is 340 g/mol. The monoisotopic (exact) mass is 360 g/mol. The second-order valence-electron chi connectivity index (χ2n) is 6.92. The number of hydrogen-bond donors (Lipinski definition) is 1. The van der Waals surface area contributed by atoms with E-state index >= 15 is 0 Å². The summed E-state index contributed by atoms with van der Waals surface area (Å²) in [5.41, 5.74) is -0.590. The second kappa shape index (κ2) is 6.24. The molecule has 0 aromatic carbocycles. The third-order valence-corrected chi connectivity index (χ3v) is 5.66. The Morgan fingerprint density at radius 3 is 2.85 bits per heavy atom. The van der Waals surface area contributed by atoms with Crippen LogP contribution in [0.15, 0.2) is 27.3 Å². The number of rotatable bonds is 4.